The van der Waals surface area contributed by atoms with Gasteiger partial charge in [-0.15, -0.1) is 0 Å². The van der Waals surface area contributed by atoms with Gasteiger partial charge in [0.05, 0.1) is 6.61 Å². The van der Waals surface area contributed by atoms with Crippen LogP contribution in [0, 0.1) is 6.92 Å². The number of amides is 1. The maximum Gasteiger partial charge on any atom is 0.274 e. The van der Waals surface area contributed by atoms with Crippen molar-refractivity contribution in [3.05, 3.63) is 47.4 Å². The second-order valence-corrected chi connectivity index (χ2v) is 5.20. The summed E-state index contributed by atoms with van der Waals surface area (Å²) >= 11 is 0. The normalized spacial score (nSPS) is 10.3. The molecule has 1 aromatic heterocycles. The van der Waals surface area contributed by atoms with E-state index >= 15 is 0 Å². The van der Waals surface area contributed by atoms with Gasteiger partial charge in [-0.3, -0.25) is 9.59 Å². The van der Waals surface area contributed by atoms with Crippen molar-refractivity contribution < 1.29 is 14.3 Å². The van der Waals surface area contributed by atoms with Crippen LogP contribution in [0.5, 0.6) is 0 Å². The van der Waals surface area contributed by atoms with Gasteiger partial charge < -0.3 is 15.4 Å². The largest absolute Gasteiger partial charge is 0.383 e. The van der Waals surface area contributed by atoms with Gasteiger partial charge in [0.15, 0.2) is 5.78 Å². The molecule has 0 aliphatic heterocycles. The monoisotopic (exact) mass is 328 g/mol. The van der Waals surface area contributed by atoms with Crippen molar-refractivity contribution in [2.45, 2.75) is 13.8 Å². The van der Waals surface area contributed by atoms with E-state index < -0.39 is 0 Å². The summed E-state index contributed by atoms with van der Waals surface area (Å²) in [6.07, 6.45) is 0. The molecule has 0 radical (unpaired) electrons. The molecule has 0 saturated heterocycles. The number of benzene rings is 1. The highest BCUT2D eigenvalue weighted by Crippen LogP contribution is 2.13. The van der Waals surface area contributed by atoms with E-state index in [1.54, 1.807) is 44.4 Å². The van der Waals surface area contributed by atoms with Gasteiger partial charge in [0.1, 0.15) is 17.3 Å². The molecule has 2 aromatic rings. The standard InChI is InChI=1S/C17H20N4O3/c1-11(22)13-5-4-6-14(9-13)21-17(23)15-10-16(18-7-8-24-3)20-12(2)19-15/h4-6,9-10H,7-8H2,1-3H3,(H,21,23)(H,18,19,20). The van der Waals surface area contributed by atoms with Gasteiger partial charge >= 0.3 is 0 Å². The van der Waals surface area contributed by atoms with Crippen LogP contribution in [0.15, 0.2) is 30.3 Å². The average molecular weight is 328 g/mol. The fourth-order valence-electron chi connectivity index (χ4n) is 2.07. The molecular weight excluding hydrogens is 308 g/mol. The highest BCUT2D eigenvalue weighted by Gasteiger charge is 2.11. The van der Waals surface area contributed by atoms with Crippen molar-refractivity contribution in [1.82, 2.24) is 9.97 Å². The lowest BCUT2D eigenvalue weighted by atomic mass is 10.1. The summed E-state index contributed by atoms with van der Waals surface area (Å²) in [6, 6.07) is 8.34. The molecule has 2 rings (SSSR count). The predicted octanol–water partition coefficient (Wildman–Crippen LogP) is 2.30. The quantitative estimate of drug-likeness (QED) is 0.598. The van der Waals surface area contributed by atoms with E-state index in [0.717, 1.165) is 0 Å². The van der Waals surface area contributed by atoms with Crippen LogP contribution in [0.25, 0.3) is 0 Å². The van der Waals surface area contributed by atoms with Crippen LogP contribution in [0.2, 0.25) is 0 Å². The average Bonchev–Trinajstić information content (AvgIpc) is 2.55. The lowest BCUT2D eigenvalue weighted by Gasteiger charge is -2.09. The fraction of sp³-hybridized carbons (Fsp3) is 0.294. The first-order valence-corrected chi connectivity index (χ1v) is 7.50. The van der Waals surface area contributed by atoms with Gasteiger partial charge in [-0.2, -0.15) is 0 Å². The summed E-state index contributed by atoms with van der Waals surface area (Å²) in [5.41, 5.74) is 1.32. The van der Waals surface area contributed by atoms with E-state index in [0.29, 0.717) is 36.0 Å². The van der Waals surface area contributed by atoms with Crippen molar-refractivity contribution in [2.24, 2.45) is 0 Å². The van der Waals surface area contributed by atoms with Crippen LogP contribution in [-0.4, -0.2) is 41.9 Å². The maximum absolute atomic E-state index is 12.4. The zero-order chi connectivity index (χ0) is 17.5. The van der Waals surface area contributed by atoms with Crippen LogP contribution in [0.4, 0.5) is 11.5 Å². The Labute approximate surface area is 140 Å². The van der Waals surface area contributed by atoms with Crippen molar-refractivity contribution in [3.63, 3.8) is 0 Å². The van der Waals surface area contributed by atoms with E-state index in [-0.39, 0.29) is 17.4 Å². The minimum atomic E-state index is -0.365. The van der Waals surface area contributed by atoms with Crippen LogP contribution >= 0.6 is 0 Å². The Morgan fingerprint density at radius 3 is 2.71 bits per heavy atom. The van der Waals surface area contributed by atoms with E-state index in [1.165, 1.54) is 6.92 Å². The molecule has 1 heterocycles. The number of Topliss-reactive ketones (excluding diaryl/α,β-unsaturated/α-hetero) is 1. The van der Waals surface area contributed by atoms with Crippen molar-refractivity contribution in [2.75, 3.05) is 30.9 Å². The molecule has 0 aliphatic carbocycles. The number of hydrogen-bond donors (Lipinski definition) is 2. The molecule has 1 aromatic carbocycles. The molecule has 0 spiro atoms. The van der Waals surface area contributed by atoms with Gasteiger partial charge in [0, 0.05) is 31.0 Å². The summed E-state index contributed by atoms with van der Waals surface area (Å²) in [5, 5.41) is 5.81. The van der Waals surface area contributed by atoms with Crippen molar-refractivity contribution in [3.8, 4) is 0 Å². The number of aromatic nitrogens is 2. The fourth-order valence-corrected chi connectivity index (χ4v) is 2.07. The van der Waals surface area contributed by atoms with Crippen molar-refractivity contribution >= 4 is 23.2 Å². The lowest BCUT2D eigenvalue weighted by molar-refractivity contribution is 0.100. The molecule has 0 fully saturated rings. The Bertz CT molecular complexity index is 746. The Hall–Kier alpha value is -2.80. The summed E-state index contributed by atoms with van der Waals surface area (Å²) in [4.78, 5) is 32.2. The van der Waals surface area contributed by atoms with Gasteiger partial charge in [0.25, 0.3) is 5.91 Å². The summed E-state index contributed by atoms with van der Waals surface area (Å²) in [6.45, 7) is 4.30. The molecule has 0 bridgehead atoms. The van der Waals surface area contributed by atoms with E-state index in [1.807, 2.05) is 0 Å². The van der Waals surface area contributed by atoms with Crippen molar-refractivity contribution in [1.29, 1.82) is 0 Å². The Balaban J connectivity index is 2.14. The molecule has 1 amide bonds. The van der Waals surface area contributed by atoms with Gasteiger partial charge in [0.2, 0.25) is 0 Å². The number of aryl methyl sites for hydroxylation is 1. The first-order valence-electron chi connectivity index (χ1n) is 7.50. The minimum Gasteiger partial charge on any atom is -0.383 e. The third-order valence-electron chi connectivity index (χ3n) is 3.21. The Morgan fingerprint density at radius 2 is 2.00 bits per heavy atom. The summed E-state index contributed by atoms with van der Waals surface area (Å²) in [5.74, 6) is 0.617. The summed E-state index contributed by atoms with van der Waals surface area (Å²) in [7, 11) is 1.61. The highest BCUT2D eigenvalue weighted by molar-refractivity contribution is 6.04. The zero-order valence-electron chi connectivity index (χ0n) is 13.9. The van der Waals surface area contributed by atoms with Crippen LogP contribution < -0.4 is 10.6 Å². The topological polar surface area (TPSA) is 93.2 Å². The number of nitrogens with zero attached hydrogens (tertiary/aromatic N) is 2. The first-order chi connectivity index (χ1) is 11.5. The number of ether oxygens (including phenoxy) is 1. The van der Waals surface area contributed by atoms with E-state index in [2.05, 4.69) is 20.6 Å². The number of rotatable bonds is 7. The second kappa shape index (κ2) is 8.16. The third kappa shape index (κ3) is 4.85. The highest BCUT2D eigenvalue weighted by atomic mass is 16.5. The molecule has 0 saturated carbocycles. The van der Waals surface area contributed by atoms with E-state index in [4.69, 9.17) is 4.74 Å². The number of anilines is 2. The Kier molecular flexibility index (Phi) is 5.97. The molecule has 0 aliphatic rings. The smallest absolute Gasteiger partial charge is 0.274 e. The number of carbonyl (C=O) groups is 2. The Morgan fingerprint density at radius 1 is 1.21 bits per heavy atom. The summed E-state index contributed by atoms with van der Waals surface area (Å²) < 4.78 is 4.97. The molecule has 2 N–H and O–H groups in total. The number of nitrogens with one attached hydrogen (secondary N) is 2. The molecule has 24 heavy (non-hydrogen) atoms. The number of ketones is 1. The SMILES string of the molecule is COCCNc1cc(C(=O)Nc2cccc(C(C)=O)c2)nc(C)n1. The number of hydrogen-bond acceptors (Lipinski definition) is 6. The third-order valence-corrected chi connectivity index (χ3v) is 3.21. The lowest BCUT2D eigenvalue weighted by Crippen LogP contribution is -2.17. The molecule has 7 nitrogen and oxygen atoms in total. The predicted molar refractivity (Wildman–Crippen MR) is 91.5 cm³/mol. The van der Waals surface area contributed by atoms with Crippen LogP contribution in [-0.2, 0) is 4.74 Å². The number of carbonyl (C=O) groups excluding carboxylic acids is 2. The molecular formula is C17H20N4O3. The van der Waals surface area contributed by atoms with Gasteiger partial charge in [-0.1, -0.05) is 12.1 Å². The first kappa shape index (κ1) is 17.6. The molecule has 126 valence electrons. The molecule has 0 atom stereocenters. The van der Waals surface area contributed by atoms with Gasteiger partial charge in [-0.25, -0.2) is 9.97 Å². The number of methoxy groups -OCH3 is 1. The molecule has 0 unspecified atom stereocenters. The minimum absolute atomic E-state index is 0.0615. The van der Waals surface area contributed by atoms with Crippen LogP contribution in [0.3, 0.4) is 0 Å². The zero-order valence-corrected chi connectivity index (χ0v) is 13.9. The van der Waals surface area contributed by atoms with E-state index in [9.17, 15) is 9.59 Å². The molecule has 7 heteroatoms. The maximum atomic E-state index is 12.4. The van der Waals surface area contributed by atoms with Gasteiger partial charge in [-0.05, 0) is 26.0 Å². The van der Waals surface area contributed by atoms with Crippen LogP contribution in [0.1, 0.15) is 33.6 Å². The second-order valence-electron chi connectivity index (χ2n) is 5.20.